The van der Waals surface area contributed by atoms with Crippen molar-refractivity contribution in [2.75, 3.05) is 16.5 Å². The zero-order chi connectivity index (χ0) is 22.8. The molecule has 1 aliphatic heterocycles. The maximum absolute atomic E-state index is 13.7. The van der Waals surface area contributed by atoms with Crippen LogP contribution in [0.25, 0.3) is 0 Å². The number of fused-ring (bicyclic) bond motifs is 1. The minimum atomic E-state index is -0.160. The Labute approximate surface area is 205 Å². The normalized spacial score (nSPS) is 13.9. The number of aliphatic imine (C=N–C) groups is 1. The predicted octanol–water partition coefficient (Wildman–Crippen LogP) is 7.37. The highest BCUT2D eigenvalue weighted by Gasteiger charge is 2.35. The quantitative estimate of drug-likeness (QED) is 0.278. The Morgan fingerprint density at radius 2 is 1.42 bits per heavy atom. The number of hydrogen-bond donors (Lipinski definition) is 0. The Morgan fingerprint density at radius 3 is 2.03 bits per heavy atom. The average molecular weight is 517 g/mol. The molecule has 4 nitrogen and oxygen atoms in total. The van der Waals surface area contributed by atoms with E-state index in [1.165, 1.54) is 0 Å². The van der Waals surface area contributed by atoms with Crippen molar-refractivity contribution in [3.63, 3.8) is 0 Å². The molecule has 1 aliphatic rings. The molecule has 33 heavy (non-hydrogen) atoms. The Kier molecular flexibility index (Phi) is 5.99. The van der Waals surface area contributed by atoms with Crippen molar-refractivity contribution in [1.82, 2.24) is 0 Å². The molecule has 0 saturated carbocycles. The van der Waals surface area contributed by atoms with Crippen LogP contribution in [0, 0.1) is 0 Å². The van der Waals surface area contributed by atoms with Gasteiger partial charge in [0.25, 0.3) is 5.91 Å². The van der Waals surface area contributed by atoms with Gasteiger partial charge in [0.2, 0.25) is 0 Å². The SMILES string of the molecule is O=C1C(=Nc2ccc(Br)cc2)c2cc(Cl)ccc2N1CN(c1ccccc1)c1ccccc1. The van der Waals surface area contributed by atoms with Crippen LogP contribution in [-0.4, -0.2) is 18.3 Å². The molecule has 1 amide bonds. The topological polar surface area (TPSA) is 35.9 Å². The first kappa shape index (κ1) is 21.4. The number of para-hydroxylation sites is 2. The highest BCUT2D eigenvalue weighted by Crippen LogP contribution is 2.35. The molecule has 0 spiro atoms. The Hall–Kier alpha value is -3.41. The predicted molar refractivity (Wildman–Crippen MR) is 139 cm³/mol. The number of rotatable bonds is 5. The summed E-state index contributed by atoms with van der Waals surface area (Å²) in [5.74, 6) is -0.160. The van der Waals surface area contributed by atoms with E-state index in [1.54, 1.807) is 11.0 Å². The van der Waals surface area contributed by atoms with Crippen LogP contribution in [0.1, 0.15) is 5.56 Å². The fourth-order valence-electron chi connectivity index (χ4n) is 3.85. The van der Waals surface area contributed by atoms with Crippen LogP contribution in [-0.2, 0) is 4.79 Å². The van der Waals surface area contributed by atoms with Crippen LogP contribution in [0.15, 0.2) is 113 Å². The Balaban J connectivity index is 1.58. The van der Waals surface area contributed by atoms with Gasteiger partial charge in [-0.15, -0.1) is 0 Å². The van der Waals surface area contributed by atoms with E-state index in [-0.39, 0.29) is 5.91 Å². The van der Waals surface area contributed by atoms with Gasteiger partial charge in [0.05, 0.1) is 11.4 Å². The second kappa shape index (κ2) is 9.22. The third-order valence-corrected chi connectivity index (χ3v) is 6.20. The first-order valence-corrected chi connectivity index (χ1v) is 11.6. The van der Waals surface area contributed by atoms with Crippen molar-refractivity contribution in [2.24, 2.45) is 4.99 Å². The van der Waals surface area contributed by atoms with Crippen LogP contribution in [0.4, 0.5) is 22.7 Å². The molecule has 0 unspecified atom stereocenters. The number of anilines is 3. The molecule has 0 saturated heterocycles. The Morgan fingerprint density at radius 1 is 0.818 bits per heavy atom. The van der Waals surface area contributed by atoms with E-state index in [0.717, 1.165) is 27.1 Å². The average Bonchev–Trinajstić information content (AvgIpc) is 3.10. The van der Waals surface area contributed by atoms with Crippen molar-refractivity contribution in [3.05, 3.63) is 118 Å². The van der Waals surface area contributed by atoms with Crippen LogP contribution in [0.3, 0.4) is 0 Å². The van der Waals surface area contributed by atoms with E-state index in [0.29, 0.717) is 23.1 Å². The second-order valence-corrected chi connectivity index (χ2v) is 8.92. The largest absolute Gasteiger partial charge is 0.323 e. The van der Waals surface area contributed by atoms with E-state index in [4.69, 9.17) is 16.6 Å². The van der Waals surface area contributed by atoms with E-state index in [9.17, 15) is 4.79 Å². The van der Waals surface area contributed by atoms with E-state index in [1.807, 2.05) is 97.1 Å². The molecule has 4 aromatic carbocycles. The lowest BCUT2D eigenvalue weighted by atomic mass is 10.1. The lowest BCUT2D eigenvalue weighted by molar-refractivity contribution is -0.112. The number of halogens is 2. The van der Waals surface area contributed by atoms with Crippen LogP contribution in [0.5, 0.6) is 0 Å². The van der Waals surface area contributed by atoms with Gasteiger partial charge in [-0.05, 0) is 66.7 Å². The van der Waals surface area contributed by atoms with Crippen LogP contribution >= 0.6 is 27.5 Å². The molecule has 0 aliphatic carbocycles. The molecule has 6 heteroatoms. The summed E-state index contributed by atoms with van der Waals surface area (Å²) >= 11 is 9.74. The molecule has 1 heterocycles. The highest BCUT2D eigenvalue weighted by molar-refractivity contribution is 9.10. The van der Waals surface area contributed by atoms with Gasteiger partial charge in [0.1, 0.15) is 12.4 Å². The van der Waals surface area contributed by atoms with E-state index < -0.39 is 0 Å². The highest BCUT2D eigenvalue weighted by atomic mass is 79.9. The van der Waals surface area contributed by atoms with Gasteiger partial charge in [0.15, 0.2) is 0 Å². The summed E-state index contributed by atoms with van der Waals surface area (Å²) in [6, 6.07) is 33.1. The number of carbonyl (C=O) groups is 1. The lowest BCUT2D eigenvalue weighted by Gasteiger charge is -2.30. The summed E-state index contributed by atoms with van der Waals surface area (Å²) in [7, 11) is 0. The molecule has 0 aromatic heterocycles. The second-order valence-electron chi connectivity index (χ2n) is 7.57. The molecule has 0 radical (unpaired) electrons. The van der Waals surface area contributed by atoms with Crippen LogP contribution in [0.2, 0.25) is 5.02 Å². The molecule has 5 rings (SSSR count). The number of amides is 1. The van der Waals surface area contributed by atoms with Crippen molar-refractivity contribution >= 4 is 61.9 Å². The molecular weight excluding hydrogens is 498 g/mol. The maximum Gasteiger partial charge on any atom is 0.279 e. The van der Waals surface area contributed by atoms with Gasteiger partial charge in [-0.1, -0.05) is 63.9 Å². The van der Waals surface area contributed by atoms with Crippen molar-refractivity contribution in [3.8, 4) is 0 Å². The van der Waals surface area contributed by atoms with Gasteiger partial charge in [-0.25, -0.2) is 4.99 Å². The molecule has 4 aromatic rings. The minimum Gasteiger partial charge on any atom is -0.323 e. The lowest BCUT2D eigenvalue weighted by Crippen LogP contribution is -2.39. The first-order valence-electron chi connectivity index (χ1n) is 10.4. The number of benzene rings is 4. The van der Waals surface area contributed by atoms with Gasteiger partial charge in [-0.3, -0.25) is 9.69 Å². The van der Waals surface area contributed by atoms with Crippen LogP contribution < -0.4 is 9.80 Å². The zero-order valence-corrected chi connectivity index (χ0v) is 19.9. The Bertz CT molecular complexity index is 1290. The van der Waals surface area contributed by atoms with Gasteiger partial charge >= 0.3 is 0 Å². The van der Waals surface area contributed by atoms with Gasteiger partial charge < -0.3 is 4.90 Å². The van der Waals surface area contributed by atoms with E-state index in [2.05, 4.69) is 20.8 Å². The fourth-order valence-corrected chi connectivity index (χ4v) is 4.29. The third kappa shape index (κ3) is 4.42. The summed E-state index contributed by atoms with van der Waals surface area (Å²) in [5.41, 5.74) is 4.59. The summed E-state index contributed by atoms with van der Waals surface area (Å²) in [6.45, 7) is 0.334. The summed E-state index contributed by atoms with van der Waals surface area (Å²) in [6.07, 6.45) is 0. The summed E-state index contributed by atoms with van der Waals surface area (Å²) in [5, 5.41) is 0.565. The minimum absolute atomic E-state index is 0.160. The monoisotopic (exact) mass is 515 g/mol. The smallest absolute Gasteiger partial charge is 0.279 e. The van der Waals surface area contributed by atoms with Gasteiger partial charge in [0, 0.05) is 26.4 Å². The zero-order valence-electron chi connectivity index (χ0n) is 17.5. The molecular formula is C27H19BrClN3O. The summed E-state index contributed by atoms with van der Waals surface area (Å²) < 4.78 is 0.954. The molecule has 162 valence electrons. The van der Waals surface area contributed by atoms with Crippen molar-refractivity contribution in [1.29, 1.82) is 0 Å². The molecule has 0 fully saturated rings. The number of hydrogen-bond acceptors (Lipinski definition) is 3. The molecule has 0 atom stereocenters. The first-order chi connectivity index (χ1) is 16.1. The fraction of sp³-hybridized carbons (Fsp3) is 0.0370. The maximum atomic E-state index is 13.7. The van der Waals surface area contributed by atoms with Crippen molar-refractivity contribution in [2.45, 2.75) is 0 Å². The summed E-state index contributed by atoms with van der Waals surface area (Å²) in [4.78, 5) is 22.2. The number of carbonyl (C=O) groups excluding carboxylic acids is 1. The third-order valence-electron chi connectivity index (χ3n) is 5.44. The molecule has 0 bridgehead atoms. The molecule has 0 N–H and O–H groups in total. The van der Waals surface area contributed by atoms with Gasteiger partial charge in [-0.2, -0.15) is 0 Å². The van der Waals surface area contributed by atoms with Crippen molar-refractivity contribution < 1.29 is 4.79 Å². The van der Waals surface area contributed by atoms with E-state index >= 15 is 0 Å². The number of nitrogens with zero attached hydrogens (tertiary/aromatic N) is 3. The standard InChI is InChI=1S/C27H19BrClN3O/c28-19-11-14-21(15-12-19)30-26-24-17-20(29)13-16-25(24)32(27(26)33)18-31(22-7-3-1-4-8-22)23-9-5-2-6-10-23/h1-17H,18H2.